The first kappa shape index (κ1) is 12.4. The van der Waals surface area contributed by atoms with Gasteiger partial charge in [0.05, 0.1) is 13.2 Å². The molecule has 0 saturated carbocycles. The molecule has 2 unspecified atom stereocenters. The molecule has 2 atom stereocenters. The number of ether oxygens (including phenoxy) is 2. The molecule has 88 valence electrons. The second-order valence-electron chi connectivity index (χ2n) is 4.30. The van der Waals surface area contributed by atoms with E-state index in [0.29, 0.717) is 19.8 Å². The van der Waals surface area contributed by atoms with E-state index in [1.165, 1.54) is 0 Å². The molecule has 1 rings (SSSR count). The SMILES string of the molecule is COCCOC(=O)C1CN1C(C)(C)CO. The third-order valence-corrected chi connectivity index (χ3v) is 2.58. The highest BCUT2D eigenvalue weighted by Gasteiger charge is 2.49. The van der Waals surface area contributed by atoms with Crippen LogP contribution in [0.5, 0.6) is 0 Å². The Bertz CT molecular complexity index is 229. The molecule has 1 heterocycles. The van der Waals surface area contributed by atoms with E-state index in [1.54, 1.807) is 7.11 Å². The Kier molecular flexibility index (Phi) is 4.07. The van der Waals surface area contributed by atoms with Crippen LogP contribution in [-0.4, -0.2) is 61.0 Å². The number of hydrogen-bond donors (Lipinski definition) is 1. The molecule has 0 aromatic heterocycles. The summed E-state index contributed by atoms with van der Waals surface area (Å²) in [5.41, 5.74) is -0.342. The lowest BCUT2D eigenvalue weighted by Gasteiger charge is -2.23. The van der Waals surface area contributed by atoms with Gasteiger partial charge >= 0.3 is 5.97 Å². The van der Waals surface area contributed by atoms with Crippen LogP contribution >= 0.6 is 0 Å². The Morgan fingerprint density at radius 3 is 2.73 bits per heavy atom. The Labute approximate surface area is 90.0 Å². The van der Waals surface area contributed by atoms with Gasteiger partial charge in [0.1, 0.15) is 12.6 Å². The van der Waals surface area contributed by atoms with Gasteiger partial charge in [-0.15, -0.1) is 0 Å². The summed E-state index contributed by atoms with van der Waals surface area (Å²) in [6.07, 6.45) is 0. The van der Waals surface area contributed by atoms with Gasteiger partial charge in [0.25, 0.3) is 0 Å². The summed E-state index contributed by atoms with van der Waals surface area (Å²) < 4.78 is 9.77. The fraction of sp³-hybridized carbons (Fsp3) is 0.900. The van der Waals surface area contributed by atoms with Gasteiger partial charge in [-0.05, 0) is 13.8 Å². The van der Waals surface area contributed by atoms with Crippen molar-refractivity contribution < 1.29 is 19.4 Å². The summed E-state index contributed by atoms with van der Waals surface area (Å²) >= 11 is 0. The summed E-state index contributed by atoms with van der Waals surface area (Å²) in [7, 11) is 1.56. The maximum Gasteiger partial charge on any atom is 0.324 e. The number of methoxy groups -OCH3 is 1. The fourth-order valence-corrected chi connectivity index (χ4v) is 1.42. The molecule has 0 aromatic carbocycles. The molecule has 1 aliphatic heterocycles. The van der Waals surface area contributed by atoms with E-state index in [9.17, 15) is 4.79 Å². The van der Waals surface area contributed by atoms with Crippen molar-refractivity contribution in [2.24, 2.45) is 0 Å². The van der Waals surface area contributed by atoms with Crippen molar-refractivity contribution in [2.45, 2.75) is 25.4 Å². The first-order valence-electron chi connectivity index (χ1n) is 5.06. The number of esters is 1. The van der Waals surface area contributed by atoms with Gasteiger partial charge in [0, 0.05) is 19.2 Å². The molecule has 1 saturated heterocycles. The molecule has 0 radical (unpaired) electrons. The second-order valence-corrected chi connectivity index (χ2v) is 4.30. The van der Waals surface area contributed by atoms with E-state index in [2.05, 4.69) is 0 Å². The molecule has 0 aromatic rings. The zero-order valence-corrected chi connectivity index (χ0v) is 9.52. The Balaban J connectivity index is 2.28. The fourth-order valence-electron chi connectivity index (χ4n) is 1.42. The average molecular weight is 217 g/mol. The first-order chi connectivity index (χ1) is 7.03. The van der Waals surface area contributed by atoms with Crippen LogP contribution in [0.4, 0.5) is 0 Å². The van der Waals surface area contributed by atoms with Crippen LogP contribution < -0.4 is 0 Å². The Morgan fingerprint density at radius 1 is 1.53 bits per heavy atom. The molecule has 1 N–H and O–H groups in total. The summed E-state index contributed by atoms with van der Waals surface area (Å²) in [6, 6.07) is -0.191. The maximum atomic E-state index is 11.5. The maximum absolute atomic E-state index is 11.5. The van der Waals surface area contributed by atoms with Crippen molar-refractivity contribution >= 4 is 5.97 Å². The van der Waals surface area contributed by atoms with Crippen LogP contribution in [0, 0.1) is 0 Å². The van der Waals surface area contributed by atoms with Crippen molar-refractivity contribution in [3.63, 3.8) is 0 Å². The van der Waals surface area contributed by atoms with Crippen molar-refractivity contribution in [1.29, 1.82) is 0 Å². The first-order valence-corrected chi connectivity index (χ1v) is 5.06. The second kappa shape index (κ2) is 4.92. The van der Waals surface area contributed by atoms with Crippen LogP contribution in [0.25, 0.3) is 0 Å². The third kappa shape index (κ3) is 3.15. The molecule has 0 amide bonds. The number of rotatable bonds is 6. The number of nitrogens with zero attached hydrogens (tertiary/aromatic N) is 1. The monoisotopic (exact) mass is 217 g/mol. The average Bonchev–Trinajstić information content (AvgIpc) is 2.98. The summed E-state index contributed by atoms with van der Waals surface area (Å²) in [6.45, 7) is 5.21. The smallest absolute Gasteiger partial charge is 0.324 e. The van der Waals surface area contributed by atoms with Gasteiger partial charge in [-0.2, -0.15) is 0 Å². The van der Waals surface area contributed by atoms with Gasteiger partial charge in [0.15, 0.2) is 0 Å². The minimum atomic E-state index is -0.342. The highest BCUT2D eigenvalue weighted by Crippen LogP contribution is 2.29. The highest BCUT2D eigenvalue weighted by atomic mass is 16.6. The van der Waals surface area contributed by atoms with Crippen LogP contribution in [0.15, 0.2) is 0 Å². The molecule has 0 spiro atoms. The van der Waals surface area contributed by atoms with Gasteiger partial charge in [-0.1, -0.05) is 0 Å². The molecular formula is C10H19NO4. The molecule has 5 heteroatoms. The number of aliphatic hydroxyl groups is 1. The number of aliphatic hydroxyl groups excluding tert-OH is 1. The number of carbonyl (C=O) groups is 1. The molecule has 0 aliphatic carbocycles. The number of hydrogen-bond acceptors (Lipinski definition) is 5. The topological polar surface area (TPSA) is 58.8 Å². The van der Waals surface area contributed by atoms with Gasteiger partial charge in [-0.25, -0.2) is 0 Å². The highest BCUT2D eigenvalue weighted by molar-refractivity contribution is 5.79. The van der Waals surface area contributed by atoms with E-state index in [0.717, 1.165) is 0 Å². The van der Waals surface area contributed by atoms with E-state index in [-0.39, 0.29) is 24.2 Å². The van der Waals surface area contributed by atoms with E-state index in [4.69, 9.17) is 14.6 Å². The zero-order chi connectivity index (χ0) is 11.5. The predicted octanol–water partition coefficient (Wildman–Crippen LogP) is -0.369. The van der Waals surface area contributed by atoms with Crippen molar-refractivity contribution in [1.82, 2.24) is 4.90 Å². The molecular weight excluding hydrogens is 198 g/mol. The van der Waals surface area contributed by atoms with E-state index >= 15 is 0 Å². The molecule has 15 heavy (non-hydrogen) atoms. The Morgan fingerprint density at radius 2 is 2.20 bits per heavy atom. The van der Waals surface area contributed by atoms with Crippen molar-refractivity contribution in [3.05, 3.63) is 0 Å². The summed E-state index contributed by atoms with van der Waals surface area (Å²) in [5, 5.41) is 9.10. The van der Waals surface area contributed by atoms with Crippen LogP contribution in [0.3, 0.4) is 0 Å². The van der Waals surface area contributed by atoms with Crippen molar-refractivity contribution in [3.8, 4) is 0 Å². The van der Waals surface area contributed by atoms with E-state index in [1.807, 2.05) is 18.7 Å². The Hall–Kier alpha value is -0.650. The van der Waals surface area contributed by atoms with Gasteiger partial charge in [-0.3, -0.25) is 9.69 Å². The summed E-state index contributed by atoms with van der Waals surface area (Å²) in [5.74, 6) is -0.228. The minimum absolute atomic E-state index is 0.0366. The lowest BCUT2D eigenvalue weighted by Crippen LogP contribution is -2.37. The van der Waals surface area contributed by atoms with Crippen molar-refractivity contribution in [2.75, 3.05) is 33.5 Å². The minimum Gasteiger partial charge on any atom is -0.462 e. The molecule has 1 fully saturated rings. The van der Waals surface area contributed by atoms with Crippen LogP contribution in [0.1, 0.15) is 13.8 Å². The lowest BCUT2D eigenvalue weighted by molar-refractivity contribution is -0.145. The third-order valence-electron chi connectivity index (χ3n) is 2.58. The van der Waals surface area contributed by atoms with Crippen LogP contribution in [0.2, 0.25) is 0 Å². The van der Waals surface area contributed by atoms with Gasteiger partial charge in [0.2, 0.25) is 0 Å². The quantitative estimate of drug-likeness (QED) is 0.374. The predicted molar refractivity (Wildman–Crippen MR) is 54.5 cm³/mol. The normalized spacial score (nSPS) is 25.1. The molecule has 0 bridgehead atoms. The lowest BCUT2D eigenvalue weighted by atomic mass is 10.1. The van der Waals surface area contributed by atoms with Crippen LogP contribution in [-0.2, 0) is 14.3 Å². The zero-order valence-electron chi connectivity index (χ0n) is 9.52. The van der Waals surface area contributed by atoms with E-state index < -0.39 is 0 Å². The van der Waals surface area contributed by atoms with Gasteiger partial charge < -0.3 is 14.6 Å². The number of carbonyl (C=O) groups excluding carboxylic acids is 1. The molecule has 1 aliphatic rings. The molecule has 5 nitrogen and oxygen atoms in total. The largest absolute Gasteiger partial charge is 0.462 e. The summed E-state index contributed by atoms with van der Waals surface area (Å²) in [4.78, 5) is 13.4. The standard InChI is InChI=1S/C10H19NO4/c1-10(2,7-12)11-6-8(11)9(13)15-5-4-14-3/h8,12H,4-7H2,1-3H3.